The van der Waals surface area contributed by atoms with Gasteiger partial charge in [-0.1, -0.05) is 6.07 Å². The van der Waals surface area contributed by atoms with Crippen molar-refractivity contribution in [2.24, 2.45) is 7.05 Å². The molecule has 1 N–H and O–H groups in total. The Labute approximate surface area is 129 Å². The molecule has 0 atom stereocenters. The van der Waals surface area contributed by atoms with Gasteiger partial charge in [0.25, 0.3) is 0 Å². The Morgan fingerprint density at radius 1 is 1.23 bits per heavy atom. The van der Waals surface area contributed by atoms with Crippen LogP contribution in [-0.2, 0) is 23.0 Å². The zero-order chi connectivity index (χ0) is 16.3. The summed E-state index contributed by atoms with van der Waals surface area (Å²) in [6.07, 6.45) is 0.302. The minimum atomic E-state index is -0.425. The molecule has 2 rings (SSSR count). The van der Waals surface area contributed by atoms with Crippen molar-refractivity contribution >= 4 is 17.6 Å². The van der Waals surface area contributed by atoms with Crippen LogP contribution in [-0.4, -0.2) is 23.6 Å². The van der Waals surface area contributed by atoms with Crippen LogP contribution in [0.2, 0.25) is 0 Å². The number of methoxy groups -OCH3 is 1. The van der Waals surface area contributed by atoms with Gasteiger partial charge in [-0.05, 0) is 43.7 Å². The number of hydrogen-bond acceptors (Lipinski definition) is 3. The number of nitrogens with zero attached hydrogens (tertiary/aromatic N) is 1. The molecule has 5 nitrogen and oxygen atoms in total. The average Bonchev–Trinajstić information content (AvgIpc) is 2.73. The maximum atomic E-state index is 12.2. The van der Waals surface area contributed by atoms with Crippen molar-refractivity contribution in [1.82, 2.24) is 4.57 Å². The van der Waals surface area contributed by atoms with Crippen molar-refractivity contribution in [3.8, 4) is 0 Å². The Morgan fingerprint density at radius 2 is 1.95 bits per heavy atom. The molecule has 22 heavy (non-hydrogen) atoms. The first kappa shape index (κ1) is 15.8. The number of amides is 1. The molecule has 0 aliphatic carbocycles. The zero-order valence-corrected chi connectivity index (χ0v) is 13.3. The number of ether oxygens (including phenoxy) is 1. The summed E-state index contributed by atoms with van der Waals surface area (Å²) in [6.45, 7) is 4.00. The minimum Gasteiger partial charge on any atom is -0.465 e. The van der Waals surface area contributed by atoms with Gasteiger partial charge in [-0.25, -0.2) is 4.79 Å². The summed E-state index contributed by atoms with van der Waals surface area (Å²) in [4.78, 5) is 23.7. The summed E-state index contributed by atoms with van der Waals surface area (Å²) in [6, 6.07) is 8.71. The van der Waals surface area contributed by atoms with Gasteiger partial charge in [0.15, 0.2) is 0 Å². The fourth-order valence-electron chi connectivity index (χ4n) is 2.33. The van der Waals surface area contributed by atoms with Crippen LogP contribution in [0.25, 0.3) is 0 Å². The molecule has 0 bridgehead atoms. The summed E-state index contributed by atoms with van der Waals surface area (Å²) in [7, 11) is 3.31. The number of benzene rings is 1. The number of rotatable bonds is 4. The Bertz CT molecular complexity index is 717. The monoisotopic (exact) mass is 300 g/mol. The standard InChI is InChI=1S/C17H20N2O3/c1-11-8-14(12(2)19(11)3)10-16(20)18-15-7-5-6-13(9-15)17(21)22-4/h5-9H,10H2,1-4H3,(H,18,20). The molecule has 0 fully saturated rings. The number of aromatic nitrogens is 1. The van der Waals surface area contributed by atoms with Gasteiger partial charge in [0.1, 0.15) is 0 Å². The Kier molecular flexibility index (Phi) is 4.65. The van der Waals surface area contributed by atoms with Crippen LogP contribution in [0, 0.1) is 13.8 Å². The largest absolute Gasteiger partial charge is 0.465 e. The van der Waals surface area contributed by atoms with Gasteiger partial charge in [0.2, 0.25) is 5.91 Å². The number of nitrogens with one attached hydrogen (secondary N) is 1. The molecular formula is C17H20N2O3. The summed E-state index contributed by atoms with van der Waals surface area (Å²) in [5.74, 6) is -0.540. The van der Waals surface area contributed by atoms with Crippen molar-refractivity contribution in [2.75, 3.05) is 12.4 Å². The van der Waals surface area contributed by atoms with E-state index in [0.717, 1.165) is 17.0 Å². The van der Waals surface area contributed by atoms with Crippen molar-refractivity contribution in [1.29, 1.82) is 0 Å². The highest BCUT2D eigenvalue weighted by atomic mass is 16.5. The van der Waals surface area contributed by atoms with Gasteiger partial charge in [0.05, 0.1) is 19.1 Å². The SMILES string of the molecule is COC(=O)c1cccc(NC(=O)Cc2cc(C)n(C)c2C)c1. The fraction of sp³-hybridized carbons (Fsp3) is 0.294. The summed E-state index contributed by atoms with van der Waals surface area (Å²) < 4.78 is 6.73. The van der Waals surface area contributed by atoms with Gasteiger partial charge in [0, 0.05) is 24.1 Å². The highest BCUT2D eigenvalue weighted by molar-refractivity contribution is 5.95. The highest BCUT2D eigenvalue weighted by Crippen LogP contribution is 2.16. The van der Waals surface area contributed by atoms with Gasteiger partial charge in [-0.3, -0.25) is 4.79 Å². The number of hydrogen-bond donors (Lipinski definition) is 1. The first-order valence-corrected chi connectivity index (χ1v) is 7.02. The molecule has 1 aromatic carbocycles. The lowest BCUT2D eigenvalue weighted by Crippen LogP contribution is -2.15. The van der Waals surface area contributed by atoms with Crippen molar-refractivity contribution in [3.05, 3.63) is 52.8 Å². The van der Waals surface area contributed by atoms with Gasteiger partial charge in [-0.15, -0.1) is 0 Å². The Morgan fingerprint density at radius 3 is 2.55 bits per heavy atom. The molecule has 0 saturated heterocycles. The number of anilines is 1. The van der Waals surface area contributed by atoms with E-state index in [2.05, 4.69) is 14.6 Å². The normalized spacial score (nSPS) is 10.4. The second-order valence-corrected chi connectivity index (χ2v) is 5.25. The molecule has 2 aromatic rings. The summed E-state index contributed by atoms with van der Waals surface area (Å²) >= 11 is 0. The van der Waals surface area contributed by atoms with Gasteiger partial charge in [-0.2, -0.15) is 0 Å². The molecule has 1 aromatic heterocycles. The number of carbonyl (C=O) groups excluding carboxylic acids is 2. The molecule has 0 saturated carbocycles. The average molecular weight is 300 g/mol. The van der Waals surface area contributed by atoms with E-state index in [1.165, 1.54) is 7.11 Å². The van der Waals surface area contributed by atoms with Crippen LogP contribution >= 0.6 is 0 Å². The molecule has 0 radical (unpaired) electrons. The van der Waals surface area contributed by atoms with E-state index in [1.807, 2.05) is 27.0 Å². The molecule has 1 heterocycles. The van der Waals surface area contributed by atoms with Crippen molar-refractivity contribution < 1.29 is 14.3 Å². The van der Waals surface area contributed by atoms with Crippen LogP contribution in [0.5, 0.6) is 0 Å². The lowest BCUT2D eigenvalue weighted by molar-refractivity contribution is -0.115. The van der Waals surface area contributed by atoms with E-state index in [0.29, 0.717) is 17.7 Å². The highest BCUT2D eigenvalue weighted by Gasteiger charge is 2.12. The summed E-state index contributed by atoms with van der Waals surface area (Å²) in [5.41, 5.74) is 4.19. The van der Waals surface area contributed by atoms with E-state index in [4.69, 9.17) is 0 Å². The third kappa shape index (κ3) is 3.36. The second-order valence-electron chi connectivity index (χ2n) is 5.25. The maximum Gasteiger partial charge on any atom is 0.337 e. The summed E-state index contributed by atoms with van der Waals surface area (Å²) in [5, 5.41) is 2.81. The predicted molar refractivity (Wildman–Crippen MR) is 85.0 cm³/mol. The zero-order valence-electron chi connectivity index (χ0n) is 13.3. The third-order valence-electron chi connectivity index (χ3n) is 3.80. The molecule has 0 unspecified atom stereocenters. The Balaban J connectivity index is 2.09. The van der Waals surface area contributed by atoms with E-state index in [9.17, 15) is 9.59 Å². The predicted octanol–water partition coefficient (Wildman–Crippen LogP) is 2.61. The first-order valence-electron chi connectivity index (χ1n) is 7.02. The smallest absolute Gasteiger partial charge is 0.337 e. The number of esters is 1. The van der Waals surface area contributed by atoms with Crippen LogP contribution in [0.4, 0.5) is 5.69 Å². The first-order chi connectivity index (χ1) is 10.4. The molecule has 0 aliphatic rings. The van der Waals surface area contributed by atoms with Gasteiger partial charge < -0.3 is 14.6 Å². The van der Waals surface area contributed by atoms with E-state index >= 15 is 0 Å². The van der Waals surface area contributed by atoms with Crippen LogP contribution < -0.4 is 5.32 Å². The number of aryl methyl sites for hydroxylation is 1. The second kappa shape index (κ2) is 6.47. The molecular weight excluding hydrogens is 280 g/mol. The van der Waals surface area contributed by atoms with Crippen LogP contribution in [0.3, 0.4) is 0 Å². The van der Waals surface area contributed by atoms with Gasteiger partial charge >= 0.3 is 5.97 Å². The van der Waals surface area contributed by atoms with E-state index in [1.54, 1.807) is 24.3 Å². The minimum absolute atomic E-state index is 0.115. The quantitative estimate of drug-likeness (QED) is 0.883. The van der Waals surface area contributed by atoms with Crippen molar-refractivity contribution in [3.63, 3.8) is 0 Å². The molecule has 0 aliphatic heterocycles. The lowest BCUT2D eigenvalue weighted by Gasteiger charge is -2.07. The topological polar surface area (TPSA) is 60.3 Å². The molecule has 1 amide bonds. The lowest BCUT2D eigenvalue weighted by atomic mass is 10.1. The fourth-order valence-corrected chi connectivity index (χ4v) is 2.33. The molecule has 0 spiro atoms. The third-order valence-corrected chi connectivity index (χ3v) is 3.80. The maximum absolute atomic E-state index is 12.2. The van der Waals surface area contributed by atoms with Crippen LogP contribution in [0.15, 0.2) is 30.3 Å². The Hall–Kier alpha value is -2.56. The van der Waals surface area contributed by atoms with Crippen molar-refractivity contribution in [2.45, 2.75) is 20.3 Å². The van der Waals surface area contributed by atoms with E-state index in [-0.39, 0.29) is 5.91 Å². The molecule has 5 heteroatoms. The van der Waals surface area contributed by atoms with Crippen LogP contribution in [0.1, 0.15) is 27.3 Å². The van der Waals surface area contributed by atoms with E-state index < -0.39 is 5.97 Å². The molecule has 116 valence electrons. The number of carbonyl (C=O) groups is 2.